The molecular formula is C13H33NO3Si. The minimum atomic E-state index is -2.30. The van der Waals surface area contributed by atoms with E-state index in [-0.39, 0.29) is 0 Å². The Labute approximate surface area is 115 Å². The fourth-order valence-electron chi connectivity index (χ4n) is 1.51. The van der Waals surface area contributed by atoms with Gasteiger partial charge in [0, 0.05) is 25.9 Å². The van der Waals surface area contributed by atoms with Crippen molar-refractivity contribution in [2.75, 3.05) is 26.4 Å². The van der Waals surface area contributed by atoms with Gasteiger partial charge in [-0.3, -0.25) is 0 Å². The van der Waals surface area contributed by atoms with Gasteiger partial charge in [-0.2, -0.15) is 0 Å². The van der Waals surface area contributed by atoms with Crippen LogP contribution in [-0.4, -0.2) is 35.2 Å². The number of hydrogen-bond acceptors (Lipinski definition) is 4. The lowest BCUT2D eigenvalue weighted by Gasteiger charge is -2.27. The van der Waals surface area contributed by atoms with Gasteiger partial charge in [0.05, 0.1) is 0 Å². The molecule has 0 aromatic rings. The first kappa shape index (κ1) is 20.4. The van der Waals surface area contributed by atoms with Crippen molar-refractivity contribution in [3.05, 3.63) is 0 Å². The second kappa shape index (κ2) is 15.1. The summed E-state index contributed by atoms with van der Waals surface area (Å²) in [5, 5.41) is 0. The molecule has 5 heteroatoms. The highest BCUT2D eigenvalue weighted by Gasteiger charge is 2.38. The normalized spacial score (nSPS) is 11.0. The lowest BCUT2D eigenvalue weighted by Crippen LogP contribution is -2.45. The third-order valence-corrected chi connectivity index (χ3v) is 5.50. The Morgan fingerprint density at radius 3 is 1.39 bits per heavy atom. The van der Waals surface area contributed by atoms with E-state index in [0.717, 1.165) is 19.0 Å². The molecule has 0 rings (SSSR count). The summed E-state index contributed by atoms with van der Waals surface area (Å²) in [7, 11) is -2.30. The summed E-state index contributed by atoms with van der Waals surface area (Å²) < 4.78 is 16.9. The molecule has 0 saturated carbocycles. The van der Waals surface area contributed by atoms with Gasteiger partial charge in [-0.15, -0.1) is 0 Å². The highest BCUT2D eigenvalue weighted by molar-refractivity contribution is 6.60. The quantitative estimate of drug-likeness (QED) is 0.624. The van der Waals surface area contributed by atoms with Crippen molar-refractivity contribution in [3.63, 3.8) is 0 Å². The van der Waals surface area contributed by atoms with Crippen molar-refractivity contribution in [3.8, 4) is 0 Å². The molecule has 0 aromatic carbocycles. The van der Waals surface area contributed by atoms with Gasteiger partial charge in [-0.05, 0) is 33.7 Å². The fraction of sp³-hybridized carbons (Fsp3) is 1.00. The molecule has 112 valence electrons. The molecule has 0 spiro atoms. The van der Waals surface area contributed by atoms with Crippen LogP contribution in [0.1, 0.15) is 53.9 Å². The van der Waals surface area contributed by atoms with E-state index < -0.39 is 8.80 Å². The highest BCUT2D eigenvalue weighted by Crippen LogP contribution is 2.17. The topological polar surface area (TPSA) is 53.7 Å². The van der Waals surface area contributed by atoms with E-state index >= 15 is 0 Å². The average Bonchev–Trinajstić information content (AvgIpc) is 2.32. The van der Waals surface area contributed by atoms with Gasteiger partial charge in [0.15, 0.2) is 0 Å². The van der Waals surface area contributed by atoms with Crippen LogP contribution in [0.3, 0.4) is 0 Å². The fourth-order valence-corrected chi connectivity index (χ4v) is 4.13. The van der Waals surface area contributed by atoms with E-state index in [4.69, 9.17) is 19.0 Å². The molecule has 4 nitrogen and oxygen atoms in total. The van der Waals surface area contributed by atoms with E-state index in [1.807, 2.05) is 20.8 Å². The third-order valence-electron chi connectivity index (χ3n) is 2.21. The van der Waals surface area contributed by atoms with Gasteiger partial charge in [0.25, 0.3) is 0 Å². The molecule has 0 bridgehead atoms. The second-order valence-electron chi connectivity index (χ2n) is 3.87. The first-order valence-electron chi connectivity index (χ1n) is 7.28. The minimum Gasteiger partial charge on any atom is -0.374 e. The maximum Gasteiger partial charge on any atom is 0.500 e. The van der Waals surface area contributed by atoms with Crippen LogP contribution in [0.2, 0.25) is 6.04 Å². The maximum absolute atomic E-state index is 5.65. The summed E-state index contributed by atoms with van der Waals surface area (Å²) in [4.78, 5) is 0. The molecule has 0 amide bonds. The van der Waals surface area contributed by atoms with Crippen LogP contribution in [0, 0.1) is 0 Å². The first-order chi connectivity index (χ1) is 8.66. The zero-order valence-electron chi connectivity index (χ0n) is 13.0. The molecule has 18 heavy (non-hydrogen) atoms. The highest BCUT2D eigenvalue weighted by atomic mass is 28.4. The number of hydrogen-bond donors (Lipinski definition) is 1. The van der Waals surface area contributed by atoms with E-state index in [0.29, 0.717) is 19.8 Å². The monoisotopic (exact) mass is 279 g/mol. The standard InChI is InChI=1S/C9H22O3Si.C4H11N/c1-5-9-13(10-6-2,11-7-3)12-8-4;1-2-3-4-5/h5-9H2,1-4H3;2-5H2,1H3. The van der Waals surface area contributed by atoms with Crippen LogP contribution < -0.4 is 5.73 Å². The van der Waals surface area contributed by atoms with Crippen molar-refractivity contribution in [2.24, 2.45) is 5.73 Å². The van der Waals surface area contributed by atoms with Gasteiger partial charge in [0.2, 0.25) is 0 Å². The number of rotatable bonds is 10. The predicted molar refractivity (Wildman–Crippen MR) is 79.7 cm³/mol. The summed E-state index contributed by atoms with van der Waals surface area (Å²) >= 11 is 0. The Bertz CT molecular complexity index is 128. The zero-order valence-corrected chi connectivity index (χ0v) is 14.0. The maximum atomic E-state index is 5.65. The van der Waals surface area contributed by atoms with Crippen LogP contribution in [0.5, 0.6) is 0 Å². The van der Waals surface area contributed by atoms with Crippen LogP contribution in [-0.2, 0) is 13.3 Å². The Balaban J connectivity index is 0. The molecule has 0 unspecified atom stereocenters. The first-order valence-corrected chi connectivity index (χ1v) is 9.21. The molecule has 2 N–H and O–H groups in total. The van der Waals surface area contributed by atoms with Gasteiger partial charge < -0.3 is 19.0 Å². The van der Waals surface area contributed by atoms with Gasteiger partial charge in [0.1, 0.15) is 0 Å². The average molecular weight is 279 g/mol. The molecule has 0 aliphatic heterocycles. The lowest BCUT2D eigenvalue weighted by molar-refractivity contribution is 0.0712. The van der Waals surface area contributed by atoms with E-state index in [2.05, 4.69) is 13.8 Å². The molecule has 0 aliphatic carbocycles. The molecule has 0 atom stereocenters. The molecule has 0 saturated heterocycles. The SMILES string of the molecule is CCCCN.CCC[Si](OCC)(OCC)OCC. The van der Waals surface area contributed by atoms with Gasteiger partial charge >= 0.3 is 8.80 Å². The summed E-state index contributed by atoms with van der Waals surface area (Å²) in [6, 6.07) is 0.919. The lowest BCUT2D eigenvalue weighted by atomic mass is 10.3. The summed E-state index contributed by atoms with van der Waals surface area (Å²) in [5.74, 6) is 0. The van der Waals surface area contributed by atoms with Crippen molar-refractivity contribution >= 4 is 8.80 Å². The molecule has 0 radical (unpaired) electrons. The minimum absolute atomic E-state index is 0.673. The van der Waals surface area contributed by atoms with E-state index in [1.165, 1.54) is 12.8 Å². The van der Waals surface area contributed by atoms with Gasteiger partial charge in [-0.1, -0.05) is 26.7 Å². The largest absolute Gasteiger partial charge is 0.500 e. The third kappa shape index (κ3) is 11.2. The van der Waals surface area contributed by atoms with Crippen molar-refractivity contribution < 1.29 is 13.3 Å². The Morgan fingerprint density at radius 2 is 1.22 bits per heavy atom. The number of nitrogens with two attached hydrogens (primary N) is 1. The Hall–Kier alpha value is 0.0569. The summed E-state index contributed by atoms with van der Waals surface area (Å²) in [6.45, 7) is 13.1. The zero-order chi connectivity index (χ0) is 14.3. The summed E-state index contributed by atoms with van der Waals surface area (Å²) in [6.07, 6.45) is 3.43. The Morgan fingerprint density at radius 1 is 0.778 bits per heavy atom. The summed E-state index contributed by atoms with van der Waals surface area (Å²) in [5.41, 5.74) is 5.14. The second-order valence-corrected chi connectivity index (χ2v) is 6.61. The van der Waals surface area contributed by atoms with Crippen LogP contribution >= 0.6 is 0 Å². The molecule has 0 aliphatic rings. The smallest absolute Gasteiger partial charge is 0.374 e. The molecule has 0 heterocycles. The van der Waals surface area contributed by atoms with Crippen molar-refractivity contribution in [1.82, 2.24) is 0 Å². The van der Waals surface area contributed by atoms with E-state index in [1.54, 1.807) is 0 Å². The predicted octanol–water partition coefficient (Wildman–Crippen LogP) is 3.19. The van der Waals surface area contributed by atoms with Crippen molar-refractivity contribution in [1.29, 1.82) is 0 Å². The van der Waals surface area contributed by atoms with E-state index in [9.17, 15) is 0 Å². The van der Waals surface area contributed by atoms with Crippen LogP contribution in [0.25, 0.3) is 0 Å². The van der Waals surface area contributed by atoms with Crippen molar-refractivity contribution in [2.45, 2.75) is 59.9 Å². The molecular weight excluding hydrogens is 246 g/mol. The van der Waals surface area contributed by atoms with Gasteiger partial charge in [-0.25, -0.2) is 0 Å². The number of unbranched alkanes of at least 4 members (excludes halogenated alkanes) is 1. The molecule has 0 aromatic heterocycles. The Kier molecular flexibility index (Phi) is 17.1. The van der Waals surface area contributed by atoms with Crippen LogP contribution in [0.15, 0.2) is 0 Å². The molecule has 0 fully saturated rings. The van der Waals surface area contributed by atoms with Crippen LogP contribution in [0.4, 0.5) is 0 Å².